The molecule has 1 aromatic carbocycles. The van der Waals surface area contributed by atoms with Crippen LogP contribution < -0.4 is 0 Å². The number of hydrogen-bond donors (Lipinski definition) is 0. The highest BCUT2D eigenvalue weighted by atomic mass is 19.3. The monoisotopic (exact) mass is 471 g/mol. The second-order valence-electron chi connectivity index (χ2n) is 9.72. The average Bonchev–Trinajstić information content (AvgIpc) is 3.37. The predicted octanol–water partition coefficient (Wildman–Crippen LogP) is 3.81. The average molecular weight is 472 g/mol. The largest absolute Gasteiger partial charge is 0.424 e. The number of hydrogen-bond acceptors (Lipinski definition) is 6. The van der Waals surface area contributed by atoms with Crippen LogP contribution in [0.4, 0.5) is 8.78 Å². The SMILES string of the molecule is Cc1cc(Cc2nnc(CC#N)o2)c(C)c(CN2CCN(C(=O)C3CCC(F)(F)C3)[C@@H](C)C2)c1. The molecule has 1 aliphatic carbocycles. The van der Waals surface area contributed by atoms with Gasteiger partial charge in [-0.2, -0.15) is 5.26 Å². The zero-order valence-electron chi connectivity index (χ0n) is 20.0. The van der Waals surface area contributed by atoms with Gasteiger partial charge >= 0.3 is 0 Å². The Morgan fingerprint density at radius 2 is 1.97 bits per heavy atom. The molecule has 2 aliphatic rings. The lowest BCUT2D eigenvalue weighted by molar-refractivity contribution is -0.141. The molecule has 0 radical (unpaired) electrons. The van der Waals surface area contributed by atoms with Crippen molar-refractivity contribution in [2.75, 3.05) is 19.6 Å². The molecule has 2 fully saturated rings. The number of aromatic nitrogens is 2. The number of nitriles is 1. The summed E-state index contributed by atoms with van der Waals surface area (Å²) in [6.07, 6.45) is 0.380. The quantitative estimate of drug-likeness (QED) is 0.637. The Bertz CT molecular complexity index is 1090. The Balaban J connectivity index is 1.40. The lowest BCUT2D eigenvalue weighted by Gasteiger charge is -2.41. The summed E-state index contributed by atoms with van der Waals surface area (Å²) in [5.41, 5.74) is 4.60. The van der Waals surface area contributed by atoms with Crippen molar-refractivity contribution in [1.29, 1.82) is 5.26 Å². The van der Waals surface area contributed by atoms with Crippen molar-refractivity contribution in [3.05, 3.63) is 46.2 Å². The van der Waals surface area contributed by atoms with E-state index < -0.39 is 11.8 Å². The summed E-state index contributed by atoms with van der Waals surface area (Å²) in [6, 6.07) is 6.28. The first-order valence-corrected chi connectivity index (χ1v) is 11.8. The summed E-state index contributed by atoms with van der Waals surface area (Å²) in [4.78, 5) is 17.0. The lowest BCUT2D eigenvalue weighted by atomic mass is 9.96. The van der Waals surface area contributed by atoms with Crippen LogP contribution in [0.2, 0.25) is 0 Å². The van der Waals surface area contributed by atoms with Crippen LogP contribution in [0.15, 0.2) is 16.5 Å². The van der Waals surface area contributed by atoms with Crippen molar-refractivity contribution in [3.63, 3.8) is 0 Å². The zero-order chi connectivity index (χ0) is 24.5. The highest BCUT2D eigenvalue weighted by Crippen LogP contribution is 2.40. The Hall–Kier alpha value is -2.86. The highest BCUT2D eigenvalue weighted by Gasteiger charge is 2.44. The molecule has 9 heteroatoms. The van der Waals surface area contributed by atoms with Gasteiger partial charge in [-0.05, 0) is 43.9 Å². The third kappa shape index (κ3) is 5.44. The molecule has 4 rings (SSSR count). The standard InChI is InChI=1S/C25H31F2N5O2/c1-16-10-20(12-23-30-29-22(34-23)5-7-28)18(3)21(11-16)15-31-8-9-32(17(2)14-31)24(33)19-4-6-25(26,27)13-19/h10-11,17,19H,4-6,8-9,12-15H2,1-3H3/t17-,19?/m0/s1. The maximum Gasteiger partial charge on any atom is 0.248 e. The number of piperazine rings is 1. The normalized spacial score (nSPS) is 22.6. The molecular formula is C25H31F2N5O2. The molecule has 0 bridgehead atoms. The first-order valence-electron chi connectivity index (χ1n) is 11.8. The molecule has 0 N–H and O–H groups in total. The van der Waals surface area contributed by atoms with E-state index in [1.807, 2.05) is 13.0 Å². The zero-order valence-corrected chi connectivity index (χ0v) is 20.0. The minimum Gasteiger partial charge on any atom is -0.424 e. The number of rotatable bonds is 6. The summed E-state index contributed by atoms with van der Waals surface area (Å²) in [5.74, 6) is -2.56. The lowest BCUT2D eigenvalue weighted by Crippen LogP contribution is -2.55. The van der Waals surface area contributed by atoms with Gasteiger partial charge in [-0.25, -0.2) is 8.78 Å². The van der Waals surface area contributed by atoms with E-state index in [4.69, 9.17) is 9.68 Å². The van der Waals surface area contributed by atoms with Gasteiger partial charge in [0.05, 0.1) is 12.5 Å². The first-order chi connectivity index (χ1) is 16.1. The molecule has 1 saturated carbocycles. The summed E-state index contributed by atoms with van der Waals surface area (Å²) in [5, 5.41) is 16.8. The second kappa shape index (κ2) is 9.79. The molecule has 182 valence electrons. The molecule has 7 nitrogen and oxygen atoms in total. The van der Waals surface area contributed by atoms with E-state index in [-0.39, 0.29) is 37.6 Å². The third-order valence-electron chi connectivity index (χ3n) is 6.99. The summed E-state index contributed by atoms with van der Waals surface area (Å²) >= 11 is 0. The predicted molar refractivity (Wildman–Crippen MR) is 121 cm³/mol. The van der Waals surface area contributed by atoms with Crippen LogP contribution in [-0.4, -0.2) is 57.5 Å². The van der Waals surface area contributed by atoms with Crippen molar-refractivity contribution in [2.45, 2.75) is 71.4 Å². The van der Waals surface area contributed by atoms with Crippen molar-refractivity contribution in [1.82, 2.24) is 20.0 Å². The van der Waals surface area contributed by atoms with Gasteiger partial charge in [-0.1, -0.05) is 17.7 Å². The minimum absolute atomic E-state index is 0.0167. The van der Waals surface area contributed by atoms with Crippen LogP contribution >= 0.6 is 0 Å². The van der Waals surface area contributed by atoms with Crippen LogP contribution in [-0.2, 0) is 24.2 Å². The van der Waals surface area contributed by atoms with Crippen molar-refractivity contribution < 1.29 is 18.0 Å². The van der Waals surface area contributed by atoms with Gasteiger partial charge in [0, 0.05) is 51.0 Å². The molecule has 34 heavy (non-hydrogen) atoms. The summed E-state index contributed by atoms with van der Waals surface area (Å²) in [7, 11) is 0. The number of halogens is 2. The van der Waals surface area contributed by atoms with E-state index in [0.29, 0.717) is 37.8 Å². The number of amides is 1. The fourth-order valence-corrected chi connectivity index (χ4v) is 5.16. The van der Waals surface area contributed by atoms with Crippen LogP contribution in [0.5, 0.6) is 0 Å². The van der Waals surface area contributed by atoms with Crippen molar-refractivity contribution >= 4 is 5.91 Å². The summed E-state index contributed by atoms with van der Waals surface area (Å²) in [6.45, 7) is 8.86. The fourth-order valence-electron chi connectivity index (χ4n) is 5.16. The number of benzene rings is 1. The minimum atomic E-state index is -2.70. The van der Waals surface area contributed by atoms with E-state index in [1.54, 1.807) is 4.90 Å². The molecule has 1 amide bonds. The number of aryl methyl sites for hydroxylation is 1. The Morgan fingerprint density at radius 3 is 2.65 bits per heavy atom. The Morgan fingerprint density at radius 1 is 1.24 bits per heavy atom. The van der Waals surface area contributed by atoms with Crippen LogP contribution in [0.3, 0.4) is 0 Å². The highest BCUT2D eigenvalue weighted by molar-refractivity contribution is 5.79. The van der Waals surface area contributed by atoms with Crippen LogP contribution in [0, 0.1) is 31.1 Å². The van der Waals surface area contributed by atoms with E-state index in [2.05, 4.69) is 41.1 Å². The van der Waals surface area contributed by atoms with Crippen LogP contribution in [0.25, 0.3) is 0 Å². The fraction of sp³-hybridized carbons (Fsp3) is 0.600. The van der Waals surface area contributed by atoms with Gasteiger partial charge in [0.2, 0.25) is 23.6 Å². The van der Waals surface area contributed by atoms with Crippen LogP contribution in [0.1, 0.15) is 60.2 Å². The van der Waals surface area contributed by atoms with Crippen molar-refractivity contribution in [2.24, 2.45) is 5.92 Å². The number of carbonyl (C=O) groups is 1. The summed E-state index contributed by atoms with van der Waals surface area (Å²) < 4.78 is 32.8. The van der Waals surface area contributed by atoms with Gasteiger partial charge < -0.3 is 9.32 Å². The third-order valence-corrected chi connectivity index (χ3v) is 6.99. The number of carbonyl (C=O) groups excluding carboxylic acids is 1. The molecular weight excluding hydrogens is 440 g/mol. The topological polar surface area (TPSA) is 86.3 Å². The first kappa shape index (κ1) is 24.3. The second-order valence-corrected chi connectivity index (χ2v) is 9.72. The Kier molecular flexibility index (Phi) is 6.99. The smallest absolute Gasteiger partial charge is 0.248 e. The van der Waals surface area contributed by atoms with E-state index in [1.165, 1.54) is 5.56 Å². The van der Waals surface area contributed by atoms with Gasteiger partial charge in [-0.3, -0.25) is 9.69 Å². The molecule has 2 atom stereocenters. The molecule has 0 spiro atoms. The van der Waals surface area contributed by atoms with Gasteiger partial charge in [0.15, 0.2) is 0 Å². The van der Waals surface area contributed by atoms with Gasteiger partial charge in [0.25, 0.3) is 0 Å². The number of alkyl halides is 2. The van der Waals surface area contributed by atoms with Gasteiger partial charge in [0.1, 0.15) is 6.42 Å². The molecule has 1 aromatic heterocycles. The maximum absolute atomic E-state index is 13.6. The van der Waals surface area contributed by atoms with E-state index in [0.717, 1.165) is 23.2 Å². The molecule has 1 unspecified atom stereocenters. The molecule has 2 heterocycles. The molecule has 1 saturated heterocycles. The van der Waals surface area contributed by atoms with E-state index in [9.17, 15) is 13.6 Å². The number of nitrogens with zero attached hydrogens (tertiary/aromatic N) is 5. The van der Waals surface area contributed by atoms with E-state index >= 15 is 0 Å². The van der Waals surface area contributed by atoms with Gasteiger partial charge in [-0.15, -0.1) is 10.2 Å². The maximum atomic E-state index is 13.6. The molecule has 1 aliphatic heterocycles. The van der Waals surface area contributed by atoms with Crippen molar-refractivity contribution in [3.8, 4) is 6.07 Å². The Labute approximate surface area is 198 Å². The molecule has 2 aromatic rings.